The Balaban J connectivity index is 1.80. The van der Waals surface area contributed by atoms with E-state index in [1.54, 1.807) is 6.08 Å². The van der Waals surface area contributed by atoms with E-state index < -0.39 is 6.03 Å². The van der Waals surface area contributed by atoms with Crippen molar-refractivity contribution < 1.29 is 9.59 Å². The minimum absolute atomic E-state index is 0.210. The molecule has 2 N–H and O–H groups in total. The van der Waals surface area contributed by atoms with Gasteiger partial charge in [0.1, 0.15) is 0 Å². The van der Waals surface area contributed by atoms with Gasteiger partial charge in [0.2, 0.25) is 5.91 Å². The number of carbonyl (C=O) groups excluding carboxylic acids is 2. The van der Waals surface area contributed by atoms with Crippen LogP contribution in [0.15, 0.2) is 12.7 Å². The average molecular weight is 279 g/mol. The molecule has 2 unspecified atom stereocenters. The van der Waals surface area contributed by atoms with Crippen molar-refractivity contribution in [1.29, 1.82) is 0 Å². The van der Waals surface area contributed by atoms with Crippen LogP contribution in [0, 0.1) is 5.92 Å². The number of carbonyl (C=O) groups is 2. The van der Waals surface area contributed by atoms with Crippen LogP contribution in [0.25, 0.3) is 0 Å². The van der Waals surface area contributed by atoms with E-state index in [9.17, 15) is 9.59 Å². The summed E-state index contributed by atoms with van der Waals surface area (Å²) in [5.74, 6) is 0.540. The van der Waals surface area contributed by atoms with Gasteiger partial charge in [-0.05, 0) is 38.1 Å². The van der Waals surface area contributed by atoms with Crippen molar-refractivity contribution in [2.75, 3.05) is 19.6 Å². The van der Waals surface area contributed by atoms with E-state index in [0.29, 0.717) is 19.1 Å². The Labute approximate surface area is 120 Å². The van der Waals surface area contributed by atoms with E-state index in [0.717, 1.165) is 18.9 Å². The summed E-state index contributed by atoms with van der Waals surface area (Å²) in [6.45, 7) is 5.19. The number of hydrogen-bond acceptors (Lipinski definition) is 3. The number of nitrogens with one attached hydrogen (secondary N) is 2. The van der Waals surface area contributed by atoms with E-state index in [1.165, 1.54) is 32.1 Å². The Bertz CT molecular complexity index is 368. The Morgan fingerprint density at radius 1 is 1.20 bits per heavy atom. The van der Waals surface area contributed by atoms with Crippen LogP contribution in [0.1, 0.15) is 38.5 Å². The minimum Gasteiger partial charge on any atom is -0.334 e. The molecule has 0 bridgehead atoms. The first kappa shape index (κ1) is 15.0. The highest BCUT2D eigenvalue weighted by molar-refractivity contribution is 5.95. The molecule has 0 radical (unpaired) electrons. The van der Waals surface area contributed by atoms with Crippen LogP contribution in [0.5, 0.6) is 0 Å². The fourth-order valence-corrected chi connectivity index (χ4v) is 3.48. The largest absolute Gasteiger partial charge is 0.334 e. The first-order valence-corrected chi connectivity index (χ1v) is 7.63. The molecule has 5 heteroatoms. The van der Waals surface area contributed by atoms with Gasteiger partial charge in [-0.1, -0.05) is 18.9 Å². The smallest absolute Gasteiger partial charge is 0.321 e. The molecule has 1 aliphatic heterocycles. The molecular weight excluding hydrogens is 254 g/mol. The molecule has 2 atom stereocenters. The molecule has 1 heterocycles. The highest BCUT2D eigenvalue weighted by atomic mass is 16.2. The van der Waals surface area contributed by atoms with Crippen LogP contribution in [0.3, 0.4) is 0 Å². The van der Waals surface area contributed by atoms with Crippen LogP contribution in [0.2, 0.25) is 0 Å². The Morgan fingerprint density at radius 3 is 2.75 bits per heavy atom. The zero-order valence-corrected chi connectivity index (χ0v) is 12.1. The van der Waals surface area contributed by atoms with Crippen LogP contribution < -0.4 is 10.6 Å². The number of amides is 3. The van der Waals surface area contributed by atoms with Gasteiger partial charge in [0.15, 0.2) is 0 Å². The van der Waals surface area contributed by atoms with Crippen LogP contribution in [0.4, 0.5) is 4.79 Å². The molecule has 112 valence electrons. The SMILES string of the molecule is C=CCNC(=O)NC(=O)CN1CCCC2CCCCC21. The highest BCUT2D eigenvalue weighted by Gasteiger charge is 2.33. The van der Waals surface area contributed by atoms with Crippen molar-refractivity contribution >= 4 is 11.9 Å². The summed E-state index contributed by atoms with van der Waals surface area (Å²) in [7, 11) is 0. The molecule has 0 aromatic heterocycles. The predicted molar refractivity (Wildman–Crippen MR) is 78.3 cm³/mol. The van der Waals surface area contributed by atoms with Gasteiger partial charge >= 0.3 is 6.03 Å². The maximum Gasteiger partial charge on any atom is 0.321 e. The number of fused-ring (bicyclic) bond motifs is 1. The zero-order valence-electron chi connectivity index (χ0n) is 12.1. The van der Waals surface area contributed by atoms with Gasteiger partial charge in [-0.3, -0.25) is 15.0 Å². The van der Waals surface area contributed by atoms with Crippen molar-refractivity contribution in [3.05, 3.63) is 12.7 Å². The maximum atomic E-state index is 11.9. The van der Waals surface area contributed by atoms with E-state index in [2.05, 4.69) is 22.1 Å². The summed E-state index contributed by atoms with van der Waals surface area (Å²) in [6.07, 6.45) is 9.12. The van der Waals surface area contributed by atoms with Gasteiger partial charge in [0.25, 0.3) is 0 Å². The summed E-state index contributed by atoms with van der Waals surface area (Å²) in [5.41, 5.74) is 0. The van der Waals surface area contributed by atoms with Gasteiger partial charge in [-0.15, -0.1) is 6.58 Å². The average Bonchev–Trinajstić information content (AvgIpc) is 2.45. The zero-order chi connectivity index (χ0) is 14.4. The molecule has 1 aliphatic carbocycles. The van der Waals surface area contributed by atoms with Crippen LogP contribution in [-0.2, 0) is 4.79 Å². The normalized spacial score (nSPS) is 26.4. The van der Waals surface area contributed by atoms with Crippen LogP contribution in [-0.4, -0.2) is 42.5 Å². The molecule has 1 saturated carbocycles. The summed E-state index contributed by atoms with van der Waals surface area (Å²) in [5, 5.41) is 4.93. The first-order chi connectivity index (χ1) is 9.70. The number of piperidine rings is 1. The van der Waals surface area contributed by atoms with Crippen molar-refractivity contribution in [2.45, 2.75) is 44.6 Å². The van der Waals surface area contributed by atoms with E-state index in [-0.39, 0.29) is 5.91 Å². The molecule has 0 spiro atoms. The van der Waals surface area contributed by atoms with Gasteiger partial charge in [0.05, 0.1) is 6.54 Å². The quantitative estimate of drug-likeness (QED) is 0.769. The van der Waals surface area contributed by atoms with E-state index in [4.69, 9.17) is 0 Å². The van der Waals surface area contributed by atoms with E-state index in [1.807, 2.05) is 0 Å². The number of imide groups is 1. The lowest BCUT2D eigenvalue weighted by atomic mass is 9.78. The monoisotopic (exact) mass is 279 g/mol. The predicted octanol–water partition coefficient (Wildman–Crippen LogP) is 1.65. The Morgan fingerprint density at radius 2 is 1.95 bits per heavy atom. The van der Waals surface area contributed by atoms with Crippen molar-refractivity contribution in [3.8, 4) is 0 Å². The third kappa shape index (κ3) is 4.07. The molecule has 0 aromatic rings. The molecule has 5 nitrogen and oxygen atoms in total. The molecule has 2 rings (SSSR count). The topological polar surface area (TPSA) is 61.4 Å². The molecule has 0 aromatic carbocycles. The molecule has 3 amide bonds. The molecule has 2 fully saturated rings. The number of likely N-dealkylation sites (tertiary alicyclic amines) is 1. The summed E-state index contributed by atoms with van der Waals surface area (Å²) in [6, 6.07) is 0.103. The number of rotatable bonds is 4. The second kappa shape index (κ2) is 7.43. The summed E-state index contributed by atoms with van der Waals surface area (Å²) >= 11 is 0. The number of urea groups is 1. The lowest BCUT2D eigenvalue weighted by molar-refractivity contribution is -0.122. The Hall–Kier alpha value is -1.36. The van der Waals surface area contributed by atoms with Gasteiger partial charge in [-0.25, -0.2) is 4.79 Å². The standard InChI is InChI=1S/C15H25N3O2/c1-2-9-16-15(20)17-14(19)11-18-10-5-7-12-6-3-4-8-13(12)18/h2,12-13H,1,3-11H2,(H2,16,17,19,20). The molecular formula is C15H25N3O2. The summed E-state index contributed by atoms with van der Waals surface area (Å²) < 4.78 is 0. The highest BCUT2D eigenvalue weighted by Crippen LogP contribution is 2.34. The maximum absolute atomic E-state index is 11.9. The Kier molecular flexibility index (Phi) is 5.59. The molecule has 20 heavy (non-hydrogen) atoms. The third-order valence-electron chi connectivity index (χ3n) is 4.36. The second-order valence-corrected chi connectivity index (χ2v) is 5.77. The number of nitrogens with zero attached hydrogens (tertiary/aromatic N) is 1. The van der Waals surface area contributed by atoms with Crippen molar-refractivity contribution in [1.82, 2.24) is 15.5 Å². The lowest BCUT2D eigenvalue weighted by Gasteiger charge is -2.43. The second-order valence-electron chi connectivity index (χ2n) is 5.77. The van der Waals surface area contributed by atoms with Gasteiger partial charge in [-0.2, -0.15) is 0 Å². The fourth-order valence-electron chi connectivity index (χ4n) is 3.48. The fraction of sp³-hybridized carbons (Fsp3) is 0.733. The lowest BCUT2D eigenvalue weighted by Crippen LogP contribution is -2.52. The van der Waals surface area contributed by atoms with Crippen LogP contribution >= 0.6 is 0 Å². The minimum atomic E-state index is -0.438. The van der Waals surface area contributed by atoms with E-state index >= 15 is 0 Å². The summed E-state index contributed by atoms with van der Waals surface area (Å²) in [4.78, 5) is 25.6. The third-order valence-corrected chi connectivity index (χ3v) is 4.36. The number of hydrogen-bond donors (Lipinski definition) is 2. The van der Waals surface area contributed by atoms with Gasteiger partial charge in [0, 0.05) is 12.6 Å². The molecule has 1 saturated heterocycles. The van der Waals surface area contributed by atoms with Gasteiger partial charge < -0.3 is 5.32 Å². The van der Waals surface area contributed by atoms with Crippen molar-refractivity contribution in [2.24, 2.45) is 5.92 Å². The van der Waals surface area contributed by atoms with Crippen molar-refractivity contribution in [3.63, 3.8) is 0 Å². The first-order valence-electron chi connectivity index (χ1n) is 7.63. The molecule has 2 aliphatic rings.